The molecular weight excluding hydrogens is 765 g/mol. The molecule has 2 aromatic heterocycles. The zero-order chi connectivity index (χ0) is 31.1. The van der Waals surface area contributed by atoms with Gasteiger partial charge in [0.25, 0.3) is 0 Å². The fourth-order valence-corrected chi connectivity index (χ4v) is 4.55. The number of nitrogens with zero attached hydrogens (tertiary/aromatic N) is 3. The Bertz CT molecular complexity index is 1400. The molecule has 3 rings (SSSR count). The standard InChI is InChI=1S/C29H33N5O8S.Re/c30-43(39,40)26-9-7-23(8-10-26)17-33-28(38)27(20-35)29(21-36,22-37)42-16-15-41-14-13-34(18-24-5-1-3-11-31-24)19-25-6-2-4-12-32-25;/h1-12,20-22,27H,13-19H2,(H,33,38)(H2,30,39,40);. The number of nitrogens with one attached hydrogen (secondary N) is 1. The van der Waals surface area contributed by atoms with E-state index >= 15 is 0 Å². The monoisotopic (exact) mass is 798 g/mol. The Labute approximate surface area is 269 Å². The second-order valence-electron chi connectivity index (χ2n) is 9.42. The van der Waals surface area contributed by atoms with Gasteiger partial charge in [-0.1, -0.05) is 24.3 Å². The number of rotatable bonds is 19. The zero-order valence-corrected chi connectivity index (χ0v) is 27.2. The molecule has 1 unspecified atom stereocenters. The third-order valence-electron chi connectivity index (χ3n) is 6.35. The molecule has 0 saturated heterocycles. The van der Waals surface area contributed by atoms with Gasteiger partial charge in [-0.15, -0.1) is 0 Å². The van der Waals surface area contributed by atoms with Crippen LogP contribution in [0.2, 0.25) is 0 Å². The topological polar surface area (TPSA) is 188 Å². The Balaban J connectivity index is 0.00000675. The summed E-state index contributed by atoms with van der Waals surface area (Å²) < 4.78 is 33.9. The minimum absolute atomic E-state index is 0. The first-order valence-electron chi connectivity index (χ1n) is 13.2. The fourth-order valence-electron chi connectivity index (χ4n) is 4.03. The molecule has 0 aliphatic carbocycles. The molecule has 1 atom stereocenters. The minimum atomic E-state index is -3.89. The number of ether oxygens (including phenoxy) is 2. The second kappa shape index (κ2) is 18.3. The van der Waals surface area contributed by atoms with Crippen molar-refractivity contribution in [1.29, 1.82) is 0 Å². The maximum Gasteiger partial charge on any atom is 0.238 e. The number of hydrogen-bond donors (Lipinski definition) is 2. The summed E-state index contributed by atoms with van der Waals surface area (Å²) in [5, 5.41) is 7.52. The van der Waals surface area contributed by atoms with Crippen LogP contribution in [0.5, 0.6) is 0 Å². The SMILES string of the molecule is NS(=O)(=O)c1ccc(CNC(=O)C(C=O)C(C=O)(C=O)OCCOCCN(Cc2ccccn2)Cc2ccccn2)cc1.[Re]. The molecule has 1 radical (unpaired) electrons. The van der Waals surface area contributed by atoms with Crippen LogP contribution in [-0.2, 0) is 78.7 Å². The molecular formula is C29H33N5O8ReS. The number of carbonyl (C=O) groups is 4. The Hall–Kier alpha value is -3.55. The smallest absolute Gasteiger partial charge is 0.238 e. The normalized spacial score (nSPS) is 12.1. The van der Waals surface area contributed by atoms with Crippen molar-refractivity contribution in [3.8, 4) is 0 Å². The molecule has 0 fully saturated rings. The van der Waals surface area contributed by atoms with Gasteiger partial charge in [-0.25, -0.2) is 13.6 Å². The van der Waals surface area contributed by atoms with Gasteiger partial charge in [-0.3, -0.25) is 29.3 Å². The van der Waals surface area contributed by atoms with E-state index < -0.39 is 27.4 Å². The van der Waals surface area contributed by atoms with E-state index in [1.54, 1.807) is 12.4 Å². The molecule has 15 heteroatoms. The quantitative estimate of drug-likeness (QED) is 0.0973. The van der Waals surface area contributed by atoms with E-state index in [-0.39, 0.29) is 70.5 Å². The van der Waals surface area contributed by atoms with Crippen LogP contribution in [0.4, 0.5) is 0 Å². The van der Waals surface area contributed by atoms with E-state index in [4.69, 9.17) is 14.6 Å². The molecule has 13 nitrogen and oxygen atoms in total. The van der Waals surface area contributed by atoms with E-state index in [9.17, 15) is 27.6 Å². The van der Waals surface area contributed by atoms with Gasteiger partial charge in [0, 0.05) is 59.0 Å². The molecule has 2 heterocycles. The van der Waals surface area contributed by atoms with Gasteiger partial charge in [0.1, 0.15) is 12.2 Å². The summed E-state index contributed by atoms with van der Waals surface area (Å²) in [5.74, 6) is -2.69. The number of carbonyl (C=O) groups excluding carboxylic acids is 4. The number of sulfonamides is 1. The van der Waals surface area contributed by atoms with Crippen LogP contribution in [-0.4, -0.2) is 80.0 Å². The predicted octanol–water partition coefficient (Wildman–Crippen LogP) is 0.425. The van der Waals surface area contributed by atoms with Crippen molar-refractivity contribution in [2.24, 2.45) is 11.1 Å². The summed E-state index contributed by atoms with van der Waals surface area (Å²) in [6.07, 6.45) is 3.82. The van der Waals surface area contributed by atoms with Crippen molar-refractivity contribution in [3.05, 3.63) is 90.0 Å². The van der Waals surface area contributed by atoms with E-state index in [2.05, 4.69) is 20.2 Å². The molecule has 3 N–H and O–H groups in total. The number of aldehydes is 3. The second-order valence-corrected chi connectivity index (χ2v) is 11.0. The predicted molar refractivity (Wildman–Crippen MR) is 153 cm³/mol. The molecule has 0 spiro atoms. The molecule has 235 valence electrons. The largest absolute Gasteiger partial charge is 0.378 e. The van der Waals surface area contributed by atoms with E-state index in [1.165, 1.54) is 24.3 Å². The van der Waals surface area contributed by atoms with Crippen molar-refractivity contribution in [3.63, 3.8) is 0 Å². The van der Waals surface area contributed by atoms with Crippen LogP contribution >= 0.6 is 0 Å². The summed E-state index contributed by atoms with van der Waals surface area (Å²) >= 11 is 0. The number of benzene rings is 1. The van der Waals surface area contributed by atoms with Crippen LogP contribution in [0.3, 0.4) is 0 Å². The summed E-state index contributed by atoms with van der Waals surface area (Å²) in [4.78, 5) is 59.1. The van der Waals surface area contributed by atoms with Crippen LogP contribution in [0, 0.1) is 5.92 Å². The van der Waals surface area contributed by atoms with Crippen LogP contribution in [0.15, 0.2) is 78.0 Å². The molecule has 44 heavy (non-hydrogen) atoms. The van der Waals surface area contributed by atoms with Crippen molar-refractivity contribution in [1.82, 2.24) is 20.2 Å². The van der Waals surface area contributed by atoms with Gasteiger partial charge in [0.15, 0.2) is 18.2 Å². The number of hydrogen-bond acceptors (Lipinski definition) is 11. The number of pyridine rings is 2. The van der Waals surface area contributed by atoms with Crippen LogP contribution in [0.25, 0.3) is 0 Å². The Morgan fingerprint density at radius 3 is 1.98 bits per heavy atom. The Morgan fingerprint density at radius 2 is 1.50 bits per heavy atom. The Kier molecular flexibility index (Phi) is 15.2. The first kappa shape index (κ1) is 36.6. The minimum Gasteiger partial charge on any atom is -0.378 e. The summed E-state index contributed by atoms with van der Waals surface area (Å²) in [7, 11) is -3.89. The molecule has 3 aromatic rings. The maximum absolute atomic E-state index is 12.7. The summed E-state index contributed by atoms with van der Waals surface area (Å²) in [6, 6.07) is 16.7. The van der Waals surface area contributed by atoms with Gasteiger partial charge in [-0.05, 0) is 42.0 Å². The van der Waals surface area contributed by atoms with Gasteiger partial charge in [-0.2, -0.15) is 0 Å². The number of primary sulfonamides is 1. The van der Waals surface area contributed by atoms with Gasteiger partial charge in [0.05, 0.1) is 36.1 Å². The third-order valence-corrected chi connectivity index (χ3v) is 7.28. The average molecular weight is 798 g/mol. The van der Waals surface area contributed by atoms with Crippen molar-refractivity contribution >= 4 is 34.8 Å². The van der Waals surface area contributed by atoms with Crippen molar-refractivity contribution in [2.75, 3.05) is 26.4 Å². The fraction of sp³-hybridized carbons (Fsp3) is 0.310. The molecule has 0 saturated carbocycles. The first-order chi connectivity index (χ1) is 20.7. The van der Waals surface area contributed by atoms with Crippen LogP contribution in [0.1, 0.15) is 17.0 Å². The molecule has 1 amide bonds. The molecule has 0 bridgehead atoms. The summed E-state index contributed by atoms with van der Waals surface area (Å²) in [6.45, 7) is 1.53. The zero-order valence-electron chi connectivity index (χ0n) is 23.7. The number of nitrogens with two attached hydrogens (primary N) is 1. The third kappa shape index (κ3) is 11.2. The molecule has 0 aliphatic heterocycles. The maximum atomic E-state index is 12.7. The number of aromatic nitrogens is 2. The molecule has 1 aromatic carbocycles. The first-order valence-corrected chi connectivity index (χ1v) is 14.8. The molecule has 0 aliphatic rings. The van der Waals surface area contributed by atoms with Gasteiger partial charge < -0.3 is 19.6 Å². The van der Waals surface area contributed by atoms with Gasteiger partial charge >= 0.3 is 0 Å². The van der Waals surface area contributed by atoms with Gasteiger partial charge in [0.2, 0.25) is 15.9 Å². The van der Waals surface area contributed by atoms with E-state index in [0.29, 0.717) is 25.2 Å². The summed E-state index contributed by atoms with van der Waals surface area (Å²) in [5.41, 5.74) is -0.108. The average Bonchev–Trinajstić information content (AvgIpc) is 3.01. The van der Waals surface area contributed by atoms with E-state index in [0.717, 1.165) is 11.4 Å². The Morgan fingerprint density at radius 1 is 0.909 bits per heavy atom. The van der Waals surface area contributed by atoms with Crippen molar-refractivity contribution < 1.29 is 57.5 Å². The van der Waals surface area contributed by atoms with Crippen molar-refractivity contribution in [2.45, 2.75) is 30.1 Å². The van der Waals surface area contributed by atoms with Crippen LogP contribution < -0.4 is 10.5 Å². The number of amides is 1. The van der Waals surface area contributed by atoms with E-state index in [1.807, 2.05) is 36.4 Å².